The Bertz CT molecular complexity index is 908. The van der Waals surface area contributed by atoms with Crippen molar-refractivity contribution in [3.8, 4) is 11.3 Å². The van der Waals surface area contributed by atoms with Crippen molar-refractivity contribution in [2.75, 3.05) is 18.0 Å². The average molecular weight is 345 g/mol. The van der Waals surface area contributed by atoms with E-state index in [2.05, 4.69) is 68.1 Å². The molecule has 0 atom stereocenters. The molecule has 0 amide bonds. The Hall–Kier alpha value is -2.42. The van der Waals surface area contributed by atoms with Gasteiger partial charge in [0.2, 0.25) is 0 Å². The van der Waals surface area contributed by atoms with E-state index in [0.29, 0.717) is 0 Å². The molecule has 0 aliphatic heterocycles. The lowest BCUT2D eigenvalue weighted by Gasteiger charge is -2.24. The van der Waals surface area contributed by atoms with E-state index >= 15 is 0 Å². The molecule has 3 heteroatoms. The smallest absolute Gasteiger partial charge is 0.159 e. The molecule has 0 radical (unpaired) electrons. The quantitative estimate of drug-likeness (QED) is 0.587. The van der Waals surface area contributed by atoms with Gasteiger partial charge in [-0.2, -0.15) is 0 Å². The van der Waals surface area contributed by atoms with Gasteiger partial charge in [-0.25, -0.2) is 0 Å². The standard InChI is InChI=1S/C23H27N3/c1-4-14-26(15-18-12-13-18)23-20-11-6-5-10-19(20)22(24-25-23)21-16(2)8-7-9-17(21)3/h5-11,18H,4,12-15H2,1-3H3. The number of rotatable bonds is 6. The maximum Gasteiger partial charge on any atom is 0.159 e. The zero-order chi connectivity index (χ0) is 18.1. The average Bonchev–Trinajstić information content (AvgIpc) is 3.45. The minimum Gasteiger partial charge on any atom is -0.354 e. The summed E-state index contributed by atoms with van der Waals surface area (Å²) in [5.41, 5.74) is 4.72. The van der Waals surface area contributed by atoms with Crippen LogP contribution in [0.15, 0.2) is 42.5 Å². The number of nitrogens with zero attached hydrogens (tertiary/aromatic N) is 3. The maximum absolute atomic E-state index is 4.74. The van der Waals surface area contributed by atoms with Crippen molar-refractivity contribution in [1.29, 1.82) is 0 Å². The predicted octanol–water partition coefficient (Wildman–Crippen LogP) is 5.54. The van der Waals surface area contributed by atoms with Crippen molar-refractivity contribution in [3.05, 3.63) is 53.6 Å². The summed E-state index contributed by atoms with van der Waals surface area (Å²) in [6.07, 6.45) is 3.83. The minimum atomic E-state index is 0.834. The molecule has 0 saturated heterocycles. The first-order chi connectivity index (χ1) is 12.7. The monoisotopic (exact) mass is 345 g/mol. The van der Waals surface area contributed by atoms with Gasteiger partial charge in [-0.05, 0) is 50.2 Å². The number of fused-ring (bicyclic) bond motifs is 1. The minimum absolute atomic E-state index is 0.834. The molecule has 1 aliphatic carbocycles. The number of aryl methyl sites for hydroxylation is 2. The lowest BCUT2D eigenvalue weighted by Crippen LogP contribution is -2.28. The highest BCUT2D eigenvalue weighted by atomic mass is 15.3. The number of hydrogen-bond acceptors (Lipinski definition) is 3. The summed E-state index contributed by atoms with van der Waals surface area (Å²) < 4.78 is 0. The molecule has 1 fully saturated rings. The molecular weight excluding hydrogens is 318 g/mol. The molecule has 3 nitrogen and oxygen atoms in total. The molecule has 2 aromatic carbocycles. The molecule has 0 spiro atoms. The third-order valence-electron chi connectivity index (χ3n) is 5.35. The summed E-state index contributed by atoms with van der Waals surface area (Å²) >= 11 is 0. The highest BCUT2D eigenvalue weighted by Gasteiger charge is 2.26. The third kappa shape index (κ3) is 3.18. The first-order valence-electron chi connectivity index (χ1n) is 9.76. The second-order valence-corrected chi connectivity index (χ2v) is 7.57. The lowest BCUT2D eigenvalue weighted by molar-refractivity contribution is 0.696. The van der Waals surface area contributed by atoms with Gasteiger partial charge in [0.15, 0.2) is 5.82 Å². The Labute approximate surface area is 156 Å². The van der Waals surface area contributed by atoms with Crippen molar-refractivity contribution in [1.82, 2.24) is 10.2 Å². The third-order valence-corrected chi connectivity index (χ3v) is 5.35. The number of benzene rings is 2. The molecule has 0 unspecified atom stereocenters. The molecule has 1 aromatic heterocycles. The SMILES string of the molecule is CCCN(CC1CC1)c1nnc(-c2c(C)cccc2C)c2ccccc12. The van der Waals surface area contributed by atoms with Crippen molar-refractivity contribution < 1.29 is 0 Å². The molecule has 1 aliphatic rings. The highest BCUT2D eigenvalue weighted by Crippen LogP contribution is 2.36. The molecule has 1 saturated carbocycles. The molecular formula is C23H27N3. The van der Waals surface area contributed by atoms with Crippen LogP contribution in [0.1, 0.15) is 37.3 Å². The number of anilines is 1. The molecule has 134 valence electrons. The number of hydrogen-bond donors (Lipinski definition) is 0. The van der Waals surface area contributed by atoms with Crippen LogP contribution >= 0.6 is 0 Å². The van der Waals surface area contributed by atoms with Crippen molar-refractivity contribution in [3.63, 3.8) is 0 Å². The molecule has 0 bridgehead atoms. The Balaban J connectivity index is 1.88. The topological polar surface area (TPSA) is 29.0 Å². The zero-order valence-electron chi connectivity index (χ0n) is 16.0. The van der Waals surface area contributed by atoms with E-state index in [-0.39, 0.29) is 0 Å². The van der Waals surface area contributed by atoms with Crippen LogP contribution in [0, 0.1) is 19.8 Å². The van der Waals surface area contributed by atoms with Crippen molar-refractivity contribution in [2.24, 2.45) is 5.92 Å². The molecule has 26 heavy (non-hydrogen) atoms. The summed E-state index contributed by atoms with van der Waals surface area (Å²) in [5.74, 6) is 1.88. The van der Waals surface area contributed by atoms with E-state index in [1.54, 1.807) is 0 Å². The van der Waals surface area contributed by atoms with Crippen LogP contribution in [-0.4, -0.2) is 23.3 Å². The molecule has 1 heterocycles. The van der Waals surface area contributed by atoms with Gasteiger partial charge in [0.05, 0.1) is 0 Å². The zero-order valence-corrected chi connectivity index (χ0v) is 16.0. The van der Waals surface area contributed by atoms with Gasteiger partial charge in [-0.3, -0.25) is 0 Å². The maximum atomic E-state index is 4.74. The summed E-state index contributed by atoms with van der Waals surface area (Å²) in [5, 5.41) is 11.9. The van der Waals surface area contributed by atoms with E-state index in [1.807, 2.05) is 0 Å². The largest absolute Gasteiger partial charge is 0.354 e. The van der Waals surface area contributed by atoms with Crippen LogP contribution in [0.2, 0.25) is 0 Å². The number of aromatic nitrogens is 2. The van der Waals surface area contributed by atoms with Gasteiger partial charge in [-0.15, -0.1) is 10.2 Å². The van der Waals surface area contributed by atoms with Crippen molar-refractivity contribution in [2.45, 2.75) is 40.0 Å². The Morgan fingerprint density at radius 2 is 1.62 bits per heavy atom. The van der Waals surface area contributed by atoms with Crippen LogP contribution in [0.3, 0.4) is 0 Å². The molecule has 0 N–H and O–H groups in total. The highest BCUT2D eigenvalue weighted by molar-refractivity contribution is 6.01. The van der Waals surface area contributed by atoms with Crippen LogP contribution in [0.25, 0.3) is 22.0 Å². The van der Waals surface area contributed by atoms with E-state index in [4.69, 9.17) is 10.2 Å². The lowest BCUT2D eigenvalue weighted by atomic mass is 9.96. The van der Waals surface area contributed by atoms with Crippen LogP contribution in [0.4, 0.5) is 5.82 Å². The van der Waals surface area contributed by atoms with Crippen molar-refractivity contribution >= 4 is 16.6 Å². The summed E-state index contributed by atoms with van der Waals surface area (Å²) in [6, 6.07) is 15.0. The van der Waals surface area contributed by atoms with Crippen LogP contribution in [0.5, 0.6) is 0 Å². The van der Waals surface area contributed by atoms with E-state index in [1.165, 1.54) is 40.3 Å². The van der Waals surface area contributed by atoms with Gasteiger partial charge in [0, 0.05) is 29.4 Å². The van der Waals surface area contributed by atoms with Gasteiger partial charge in [0.25, 0.3) is 0 Å². The second kappa shape index (κ2) is 7.06. The van der Waals surface area contributed by atoms with Gasteiger partial charge in [-0.1, -0.05) is 49.4 Å². The predicted molar refractivity (Wildman–Crippen MR) is 110 cm³/mol. The Kier molecular flexibility index (Phi) is 4.62. The summed E-state index contributed by atoms with van der Waals surface area (Å²) in [6.45, 7) is 8.69. The fourth-order valence-corrected chi connectivity index (χ4v) is 3.86. The van der Waals surface area contributed by atoms with Crippen LogP contribution < -0.4 is 4.90 Å². The first-order valence-corrected chi connectivity index (χ1v) is 9.76. The van der Waals surface area contributed by atoms with Crippen LogP contribution in [-0.2, 0) is 0 Å². The van der Waals surface area contributed by atoms with E-state index in [9.17, 15) is 0 Å². The van der Waals surface area contributed by atoms with E-state index < -0.39 is 0 Å². The fourth-order valence-electron chi connectivity index (χ4n) is 3.86. The summed E-state index contributed by atoms with van der Waals surface area (Å²) in [7, 11) is 0. The second-order valence-electron chi connectivity index (χ2n) is 7.57. The Morgan fingerprint density at radius 3 is 2.27 bits per heavy atom. The van der Waals surface area contributed by atoms with Gasteiger partial charge in [0.1, 0.15) is 5.69 Å². The molecule has 4 rings (SSSR count). The van der Waals surface area contributed by atoms with Gasteiger partial charge >= 0.3 is 0 Å². The molecule has 3 aromatic rings. The first kappa shape index (κ1) is 17.0. The van der Waals surface area contributed by atoms with E-state index in [0.717, 1.165) is 36.9 Å². The Morgan fingerprint density at radius 1 is 0.923 bits per heavy atom. The fraction of sp³-hybridized carbons (Fsp3) is 0.391. The van der Waals surface area contributed by atoms with Gasteiger partial charge < -0.3 is 4.90 Å². The summed E-state index contributed by atoms with van der Waals surface area (Å²) in [4.78, 5) is 2.45. The normalized spacial score (nSPS) is 14.0.